The van der Waals surface area contributed by atoms with Crippen LogP contribution in [-0.4, -0.2) is 47.3 Å². The number of carbonyl (C=O) groups is 4. The van der Waals surface area contributed by atoms with Gasteiger partial charge in [0.25, 0.3) is 17.7 Å². The monoisotopic (exact) mass is 479 g/mol. The third kappa shape index (κ3) is 4.60. The van der Waals surface area contributed by atoms with Crippen LogP contribution in [0.2, 0.25) is 5.15 Å². The van der Waals surface area contributed by atoms with Gasteiger partial charge in [-0.2, -0.15) is 0 Å². The van der Waals surface area contributed by atoms with Gasteiger partial charge in [-0.3, -0.25) is 19.3 Å². The third-order valence-corrected chi connectivity index (χ3v) is 5.37. The Balaban J connectivity index is 1.45. The highest BCUT2D eigenvalue weighted by Gasteiger charge is 2.35. The number of carbonyl (C=O) groups excluding carboxylic acids is 4. The molecule has 1 aliphatic rings. The number of nitrogens with one attached hydrogen (secondary N) is 1. The largest absolute Gasteiger partial charge is 0.496 e. The van der Waals surface area contributed by atoms with Gasteiger partial charge in [-0.25, -0.2) is 9.78 Å². The van der Waals surface area contributed by atoms with Crippen molar-refractivity contribution in [2.45, 2.75) is 6.54 Å². The van der Waals surface area contributed by atoms with Crippen molar-refractivity contribution in [3.8, 4) is 5.75 Å². The fourth-order valence-electron chi connectivity index (χ4n) is 3.45. The molecule has 3 amide bonds. The molecule has 4 rings (SSSR count). The molecule has 0 saturated heterocycles. The van der Waals surface area contributed by atoms with Crippen LogP contribution in [0, 0.1) is 0 Å². The Morgan fingerprint density at radius 2 is 1.74 bits per heavy atom. The van der Waals surface area contributed by atoms with Crippen LogP contribution in [0.25, 0.3) is 0 Å². The standard InChI is InChI=1S/C24H18ClN3O6/c1-33-19-9-8-14(12-28-22(30)15-5-2-3-6-16(15)23(28)31)11-17(19)24(32)34-13-20(29)27-18-7-4-10-26-21(18)25/h2-11H,12-13H2,1H3,(H,27,29). The van der Waals surface area contributed by atoms with Gasteiger partial charge in [0.1, 0.15) is 11.3 Å². The lowest BCUT2D eigenvalue weighted by molar-refractivity contribution is -0.119. The molecule has 0 unspecified atom stereocenters. The van der Waals surface area contributed by atoms with Gasteiger partial charge < -0.3 is 14.8 Å². The highest BCUT2D eigenvalue weighted by atomic mass is 35.5. The predicted molar refractivity (Wildman–Crippen MR) is 122 cm³/mol. The van der Waals surface area contributed by atoms with E-state index in [2.05, 4.69) is 10.3 Å². The minimum atomic E-state index is -0.812. The first-order valence-electron chi connectivity index (χ1n) is 10.1. The maximum Gasteiger partial charge on any atom is 0.342 e. The van der Waals surface area contributed by atoms with Gasteiger partial charge in [0.2, 0.25) is 0 Å². The topological polar surface area (TPSA) is 115 Å². The average Bonchev–Trinajstić information content (AvgIpc) is 3.09. The molecule has 1 aromatic heterocycles. The number of rotatable bonds is 7. The minimum absolute atomic E-state index is 0.0450. The van der Waals surface area contributed by atoms with Crippen LogP contribution in [0.1, 0.15) is 36.6 Å². The van der Waals surface area contributed by atoms with Gasteiger partial charge in [0.05, 0.1) is 30.5 Å². The van der Waals surface area contributed by atoms with Crippen molar-refractivity contribution in [2.24, 2.45) is 0 Å². The zero-order valence-corrected chi connectivity index (χ0v) is 18.7. The minimum Gasteiger partial charge on any atom is -0.496 e. The zero-order chi connectivity index (χ0) is 24.2. The second-order valence-corrected chi connectivity index (χ2v) is 7.60. The van der Waals surface area contributed by atoms with E-state index < -0.39 is 30.3 Å². The van der Waals surface area contributed by atoms with Crippen molar-refractivity contribution in [2.75, 3.05) is 19.0 Å². The summed E-state index contributed by atoms with van der Waals surface area (Å²) in [7, 11) is 1.38. The molecule has 9 nitrogen and oxygen atoms in total. The number of hydrogen-bond acceptors (Lipinski definition) is 7. The summed E-state index contributed by atoms with van der Waals surface area (Å²) in [6.07, 6.45) is 1.47. The van der Waals surface area contributed by atoms with Gasteiger partial charge >= 0.3 is 5.97 Å². The number of pyridine rings is 1. The van der Waals surface area contributed by atoms with Crippen molar-refractivity contribution >= 4 is 41.0 Å². The van der Waals surface area contributed by atoms with E-state index in [9.17, 15) is 19.2 Å². The first kappa shape index (κ1) is 22.9. The summed E-state index contributed by atoms with van der Waals surface area (Å²) >= 11 is 5.90. The van der Waals surface area contributed by atoms with E-state index in [4.69, 9.17) is 21.1 Å². The van der Waals surface area contributed by atoms with Crippen LogP contribution < -0.4 is 10.1 Å². The molecular weight excluding hydrogens is 462 g/mol. The number of nitrogens with zero attached hydrogens (tertiary/aromatic N) is 2. The molecule has 0 radical (unpaired) electrons. The van der Waals surface area contributed by atoms with Crippen molar-refractivity contribution in [1.82, 2.24) is 9.88 Å². The Labute approximate surface area is 199 Å². The van der Waals surface area contributed by atoms with Crippen LogP contribution >= 0.6 is 11.6 Å². The molecule has 2 aromatic carbocycles. The first-order valence-corrected chi connectivity index (χ1v) is 10.5. The number of methoxy groups -OCH3 is 1. The van der Waals surface area contributed by atoms with Crippen LogP contribution in [0.15, 0.2) is 60.8 Å². The van der Waals surface area contributed by atoms with Crippen LogP contribution in [0.5, 0.6) is 5.75 Å². The summed E-state index contributed by atoms with van der Waals surface area (Å²) in [6.45, 7) is -0.619. The molecule has 3 aromatic rings. The van der Waals surface area contributed by atoms with Crippen molar-refractivity contribution in [3.05, 3.63) is 88.2 Å². The quantitative estimate of drug-likeness (QED) is 0.314. The van der Waals surface area contributed by atoms with E-state index in [0.29, 0.717) is 16.7 Å². The number of fused-ring (bicyclic) bond motifs is 1. The molecule has 2 heterocycles. The number of anilines is 1. The Morgan fingerprint density at radius 3 is 2.38 bits per heavy atom. The molecule has 0 aliphatic carbocycles. The predicted octanol–water partition coefficient (Wildman–Crippen LogP) is 3.34. The molecule has 1 N–H and O–H groups in total. The molecule has 0 atom stereocenters. The van der Waals surface area contributed by atoms with E-state index in [1.54, 1.807) is 42.5 Å². The number of halogens is 1. The molecular formula is C24H18ClN3O6. The fourth-order valence-corrected chi connectivity index (χ4v) is 3.62. The second-order valence-electron chi connectivity index (χ2n) is 7.24. The van der Waals surface area contributed by atoms with E-state index in [-0.39, 0.29) is 28.7 Å². The smallest absolute Gasteiger partial charge is 0.342 e. The number of amides is 3. The highest BCUT2D eigenvalue weighted by molar-refractivity contribution is 6.32. The summed E-state index contributed by atoms with van der Waals surface area (Å²) in [5, 5.41) is 2.60. The number of aromatic nitrogens is 1. The zero-order valence-electron chi connectivity index (χ0n) is 17.9. The number of imide groups is 1. The average molecular weight is 480 g/mol. The third-order valence-electron chi connectivity index (χ3n) is 5.07. The second kappa shape index (κ2) is 9.72. The lowest BCUT2D eigenvalue weighted by Gasteiger charge is -2.16. The van der Waals surface area contributed by atoms with Crippen molar-refractivity contribution in [3.63, 3.8) is 0 Å². The summed E-state index contributed by atoms with van der Waals surface area (Å²) in [6, 6.07) is 14.3. The van der Waals surface area contributed by atoms with E-state index in [1.165, 1.54) is 25.4 Å². The van der Waals surface area contributed by atoms with Gasteiger partial charge in [0.15, 0.2) is 11.8 Å². The van der Waals surface area contributed by atoms with Gasteiger partial charge in [0, 0.05) is 6.20 Å². The molecule has 172 valence electrons. The molecule has 1 aliphatic heterocycles. The van der Waals surface area contributed by atoms with Crippen molar-refractivity contribution in [1.29, 1.82) is 0 Å². The molecule has 34 heavy (non-hydrogen) atoms. The summed E-state index contributed by atoms with van der Waals surface area (Å²) in [5.74, 6) is -2.03. The van der Waals surface area contributed by atoms with Gasteiger partial charge in [-0.15, -0.1) is 0 Å². The summed E-state index contributed by atoms with van der Waals surface area (Å²) in [4.78, 5) is 55.0. The van der Waals surface area contributed by atoms with Gasteiger partial charge in [-0.05, 0) is 42.0 Å². The number of esters is 1. The normalized spacial score (nSPS) is 12.4. The van der Waals surface area contributed by atoms with Gasteiger partial charge in [-0.1, -0.05) is 29.8 Å². The Hall–Kier alpha value is -4.24. The maximum atomic E-state index is 12.7. The number of hydrogen-bond donors (Lipinski definition) is 1. The molecule has 0 spiro atoms. The highest BCUT2D eigenvalue weighted by Crippen LogP contribution is 2.27. The Morgan fingerprint density at radius 1 is 1.03 bits per heavy atom. The lowest BCUT2D eigenvalue weighted by atomic mass is 10.1. The maximum absolute atomic E-state index is 12.7. The Bertz CT molecular complexity index is 1270. The molecule has 0 bridgehead atoms. The van der Waals surface area contributed by atoms with E-state index in [0.717, 1.165) is 4.90 Å². The Kier molecular flexibility index (Phi) is 6.55. The van der Waals surface area contributed by atoms with E-state index in [1.807, 2.05) is 0 Å². The van der Waals surface area contributed by atoms with E-state index >= 15 is 0 Å². The summed E-state index contributed by atoms with van der Waals surface area (Å²) in [5.41, 5.74) is 1.50. The number of benzene rings is 2. The van der Waals surface area contributed by atoms with Crippen LogP contribution in [-0.2, 0) is 16.1 Å². The molecule has 0 saturated carbocycles. The van der Waals surface area contributed by atoms with Crippen molar-refractivity contribution < 1.29 is 28.7 Å². The first-order chi connectivity index (χ1) is 16.4. The number of ether oxygens (including phenoxy) is 2. The summed E-state index contributed by atoms with van der Waals surface area (Å²) < 4.78 is 10.3. The fraction of sp³-hybridized carbons (Fsp3) is 0.125. The lowest BCUT2D eigenvalue weighted by Crippen LogP contribution is -2.29. The molecule has 10 heteroatoms. The molecule has 0 fully saturated rings. The SMILES string of the molecule is COc1ccc(CN2C(=O)c3ccccc3C2=O)cc1C(=O)OCC(=O)Nc1cccnc1Cl. The van der Waals surface area contributed by atoms with Crippen LogP contribution in [0.3, 0.4) is 0 Å². The van der Waals surface area contributed by atoms with Crippen LogP contribution in [0.4, 0.5) is 5.69 Å².